The van der Waals surface area contributed by atoms with Gasteiger partial charge in [-0.15, -0.1) is 0 Å². The van der Waals surface area contributed by atoms with Crippen LogP contribution >= 0.6 is 15.9 Å². The maximum atomic E-state index is 10.7. The fourth-order valence-electron chi connectivity index (χ4n) is 1.36. The van der Waals surface area contributed by atoms with E-state index in [1.807, 2.05) is 13.8 Å². The predicted octanol–water partition coefficient (Wildman–Crippen LogP) is 0.928. The molecule has 84 valence electrons. The summed E-state index contributed by atoms with van der Waals surface area (Å²) in [7, 11) is 0. The molecule has 1 rings (SSSR count). The van der Waals surface area contributed by atoms with E-state index in [0.717, 1.165) is 15.9 Å². The van der Waals surface area contributed by atoms with Crippen LogP contribution in [0.3, 0.4) is 0 Å². The van der Waals surface area contributed by atoms with Gasteiger partial charge in [0.15, 0.2) is 0 Å². The van der Waals surface area contributed by atoms with Crippen molar-refractivity contribution in [3.05, 3.63) is 15.9 Å². The number of hydrogen-bond acceptors (Lipinski definition) is 3. The Morgan fingerprint density at radius 1 is 1.73 bits per heavy atom. The Morgan fingerprint density at radius 2 is 2.33 bits per heavy atom. The molecule has 0 saturated carbocycles. The van der Waals surface area contributed by atoms with E-state index in [-0.39, 0.29) is 6.42 Å². The Bertz CT molecular complexity index is 376. The lowest BCUT2D eigenvalue weighted by atomic mass is 10.1. The summed E-state index contributed by atoms with van der Waals surface area (Å²) in [4.78, 5) is 10.7. The SMILES string of the molecule is CCn1nc(C)c(Br)c1C[C@@H](N)C(=O)O. The number of hydrogen-bond donors (Lipinski definition) is 2. The molecule has 6 heteroatoms. The van der Waals surface area contributed by atoms with E-state index in [2.05, 4.69) is 21.0 Å². The van der Waals surface area contributed by atoms with Crippen LogP contribution in [-0.4, -0.2) is 26.9 Å². The molecule has 15 heavy (non-hydrogen) atoms. The second-order valence-electron chi connectivity index (χ2n) is 3.31. The highest BCUT2D eigenvalue weighted by Crippen LogP contribution is 2.22. The normalized spacial score (nSPS) is 12.8. The highest BCUT2D eigenvalue weighted by Gasteiger charge is 2.19. The zero-order chi connectivity index (χ0) is 11.6. The number of carbonyl (C=O) groups is 1. The first kappa shape index (κ1) is 12.2. The van der Waals surface area contributed by atoms with Crippen molar-refractivity contribution in [2.45, 2.75) is 32.9 Å². The van der Waals surface area contributed by atoms with Gasteiger partial charge in [-0.25, -0.2) is 0 Å². The zero-order valence-corrected chi connectivity index (χ0v) is 10.3. The number of rotatable bonds is 4. The first-order valence-electron chi connectivity index (χ1n) is 4.67. The van der Waals surface area contributed by atoms with Crippen molar-refractivity contribution in [2.75, 3.05) is 0 Å². The van der Waals surface area contributed by atoms with Gasteiger partial charge in [-0.2, -0.15) is 5.10 Å². The molecule has 0 fully saturated rings. The summed E-state index contributed by atoms with van der Waals surface area (Å²) in [6.07, 6.45) is 0.282. The number of carboxylic acid groups (broad SMARTS) is 1. The summed E-state index contributed by atoms with van der Waals surface area (Å²) in [6, 6.07) is -0.886. The van der Waals surface area contributed by atoms with Gasteiger partial charge in [-0.05, 0) is 29.8 Å². The number of nitrogens with zero attached hydrogens (tertiary/aromatic N) is 2. The second kappa shape index (κ2) is 4.76. The smallest absolute Gasteiger partial charge is 0.320 e. The summed E-state index contributed by atoms with van der Waals surface area (Å²) in [5, 5.41) is 13.0. The van der Waals surface area contributed by atoms with Crippen LogP contribution in [0.1, 0.15) is 18.3 Å². The standard InChI is InChI=1S/C9H14BrN3O2/c1-3-13-7(4-6(11)9(14)15)8(10)5(2)12-13/h6H,3-4,11H2,1-2H3,(H,14,15)/t6-/m1/s1. The third-order valence-electron chi connectivity index (χ3n) is 2.18. The van der Waals surface area contributed by atoms with E-state index in [9.17, 15) is 4.79 Å². The number of aliphatic carboxylic acids is 1. The van der Waals surface area contributed by atoms with Crippen molar-refractivity contribution in [3.8, 4) is 0 Å². The van der Waals surface area contributed by atoms with Crippen molar-refractivity contribution in [1.82, 2.24) is 9.78 Å². The Labute approximate surface area is 96.4 Å². The Balaban J connectivity index is 2.97. The van der Waals surface area contributed by atoms with Crippen LogP contribution in [0.25, 0.3) is 0 Å². The molecule has 0 radical (unpaired) electrons. The van der Waals surface area contributed by atoms with Crippen molar-refractivity contribution in [1.29, 1.82) is 0 Å². The van der Waals surface area contributed by atoms with Crippen LogP contribution in [-0.2, 0) is 17.8 Å². The summed E-state index contributed by atoms with van der Waals surface area (Å²) >= 11 is 3.39. The number of aryl methyl sites for hydroxylation is 2. The van der Waals surface area contributed by atoms with Crippen molar-refractivity contribution >= 4 is 21.9 Å². The van der Waals surface area contributed by atoms with Gasteiger partial charge >= 0.3 is 5.97 Å². The molecular weight excluding hydrogens is 262 g/mol. The van der Waals surface area contributed by atoms with Gasteiger partial charge in [0, 0.05) is 13.0 Å². The Morgan fingerprint density at radius 3 is 2.80 bits per heavy atom. The third kappa shape index (κ3) is 2.57. The fraction of sp³-hybridized carbons (Fsp3) is 0.556. The minimum absolute atomic E-state index is 0.282. The van der Waals surface area contributed by atoms with Crippen molar-refractivity contribution in [3.63, 3.8) is 0 Å². The highest BCUT2D eigenvalue weighted by molar-refractivity contribution is 9.10. The van der Waals surface area contributed by atoms with Crippen molar-refractivity contribution < 1.29 is 9.90 Å². The molecule has 0 spiro atoms. The monoisotopic (exact) mass is 275 g/mol. The van der Waals surface area contributed by atoms with E-state index in [1.165, 1.54) is 0 Å². The molecule has 0 bridgehead atoms. The highest BCUT2D eigenvalue weighted by atomic mass is 79.9. The van der Waals surface area contributed by atoms with Gasteiger partial charge in [0.2, 0.25) is 0 Å². The Kier molecular flexibility index (Phi) is 3.87. The largest absolute Gasteiger partial charge is 0.480 e. The fourth-order valence-corrected chi connectivity index (χ4v) is 1.81. The van der Waals surface area contributed by atoms with Gasteiger partial charge in [0.05, 0.1) is 15.9 Å². The molecule has 0 unspecified atom stereocenters. The number of nitrogens with two attached hydrogens (primary N) is 1. The molecule has 1 aromatic heterocycles. The molecular formula is C9H14BrN3O2. The minimum Gasteiger partial charge on any atom is -0.480 e. The van der Waals surface area contributed by atoms with Crippen LogP contribution in [0.4, 0.5) is 0 Å². The number of carboxylic acids is 1. The lowest BCUT2D eigenvalue weighted by Crippen LogP contribution is -2.33. The van der Waals surface area contributed by atoms with Crippen molar-refractivity contribution in [2.24, 2.45) is 5.73 Å². The molecule has 0 aliphatic heterocycles. The quantitative estimate of drug-likeness (QED) is 0.857. The number of halogens is 1. The second-order valence-corrected chi connectivity index (χ2v) is 4.10. The lowest BCUT2D eigenvalue weighted by molar-refractivity contribution is -0.138. The van der Waals surface area contributed by atoms with Gasteiger partial charge in [-0.3, -0.25) is 9.48 Å². The third-order valence-corrected chi connectivity index (χ3v) is 3.21. The Hall–Kier alpha value is -0.880. The zero-order valence-electron chi connectivity index (χ0n) is 8.70. The first-order valence-corrected chi connectivity index (χ1v) is 5.46. The van der Waals surface area contributed by atoms with Gasteiger partial charge in [0.25, 0.3) is 0 Å². The summed E-state index contributed by atoms with van der Waals surface area (Å²) < 4.78 is 2.61. The molecule has 0 saturated heterocycles. The van der Waals surface area contributed by atoms with Crippen LogP contribution in [0.15, 0.2) is 4.47 Å². The molecule has 5 nitrogen and oxygen atoms in total. The van der Waals surface area contributed by atoms with Crippen LogP contribution in [0, 0.1) is 6.92 Å². The van der Waals surface area contributed by atoms with Crippen LogP contribution in [0.2, 0.25) is 0 Å². The first-order chi connectivity index (χ1) is 6.97. The maximum absolute atomic E-state index is 10.7. The topological polar surface area (TPSA) is 81.1 Å². The molecule has 1 aromatic rings. The van der Waals surface area contributed by atoms with E-state index >= 15 is 0 Å². The molecule has 1 heterocycles. The van der Waals surface area contributed by atoms with Gasteiger partial charge in [-0.1, -0.05) is 0 Å². The molecule has 1 atom stereocenters. The average molecular weight is 276 g/mol. The van der Waals surface area contributed by atoms with Gasteiger partial charge < -0.3 is 10.8 Å². The lowest BCUT2D eigenvalue weighted by Gasteiger charge is -2.08. The van der Waals surface area contributed by atoms with E-state index in [4.69, 9.17) is 10.8 Å². The van der Waals surface area contributed by atoms with Crippen LogP contribution < -0.4 is 5.73 Å². The van der Waals surface area contributed by atoms with E-state index in [0.29, 0.717) is 6.54 Å². The maximum Gasteiger partial charge on any atom is 0.320 e. The molecule has 0 aliphatic carbocycles. The number of aromatic nitrogens is 2. The minimum atomic E-state index is -0.997. The molecule has 0 aliphatic rings. The summed E-state index contributed by atoms with van der Waals surface area (Å²) in [5.41, 5.74) is 7.18. The van der Waals surface area contributed by atoms with Gasteiger partial charge in [0.1, 0.15) is 6.04 Å². The summed E-state index contributed by atoms with van der Waals surface area (Å²) in [5.74, 6) is -0.997. The molecule has 0 amide bonds. The summed E-state index contributed by atoms with van der Waals surface area (Å²) in [6.45, 7) is 4.52. The molecule has 3 N–H and O–H groups in total. The van der Waals surface area contributed by atoms with Crippen LogP contribution in [0.5, 0.6) is 0 Å². The predicted molar refractivity (Wildman–Crippen MR) is 59.7 cm³/mol. The molecule has 0 aromatic carbocycles. The van der Waals surface area contributed by atoms with E-state index in [1.54, 1.807) is 4.68 Å². The van der Waals surface area contributed by atoms with E-state index < -0.39 is 12.0 Å². The average Bonchev–Trinajstić information content (AvgIpc) is 2.45.